The van der Waals surface area contributed by atoms with E-state index in [1.807, 2.05) is 0 Å². The fourth-order valence-corrected chi connectivity index (χ4v) is 1.92. The molecule has 1 aromatic carbocycles. The van der Waals surface area contributed by atoms with Crippen LogP contribution < -0.4 is 5.32 Å². The smallest absolute Gasteiger partial charge is 0.162 e. The minimum Gasteiger partial charge on any atom is -0.316 e. The van der Waals surface area contributed by atoms with Gasteiger partial charge in [0.1, 0.15) is 0 Å². The Labute approximate surface area is 109 Å². The van der Waals surface area contributed by atoms with Crippen molar-refractivity contribution < 1.29 is 8.78 Å². The van der Waals surface area contributed by atoms with E-state index in [9.17, 15) is 8.78 Å². The molecule has 1 N–H and O–H groups in total. The van der Waals surface area contributed by atoms with Gasteiger partial charge in [-0.3, -0.25) is 0 Å². The van der Waals surface area contributed by atoms with E-state index in [2.05, 4.69) is 26.1 Å². The fraction of sp³-hybridized carbons (Fsp3) is 0.600. The third-order valence-electron chi connectivity index (χ3n) is 2.97. The molecular weight excluding hydrogens is 232 g/mol. The summed E-state index contributed by atoms with van der Waals surface area (Å²) in [5.41, 5.74) is 0.478. The van der Waals surface area contributed by atoms with Gasteiger partial charge >= 0.3 is 0 Å². The van der Waals surface area contributed by atoms with Gasteiger partial charge in [0.05, 0.1) is 0 Å². The van der Waals surface area contributed by atoms with Crippen molar-refractivity contribution in [1.29, 1.82) is 0 Å². The van der Waals surface area contributed by atoms with Crippen LogP contribution in [0, 0.1) is 23.5 Å². The molecule has 0 saturated heterocycles. The molecule has 0 fully saturated rings. The lowest BCUT2D eigenvalue weighted by molar-refractivity contribution is 0.454. The molecule has 0 spiro atoms. The van der Waals surface area contributed by atoms with Crippen molar-refractivity contribution in [1.82, 2.24) is 5.32 Å². The van der Waals surface area contributed by atoms with Gasteiger partial charge in [0.2, 0.25) is 0 Å². The van der Waals surface area contributed by atoms with E-state index in [1.165, 1.54) is 0 Å². The molecule has 18 heavy (non-hydrogen) atoms. The van der Waals surface area contributed by atoms with Gasteiger partial charge in [-0.1, -0.05) is 32.9 Å². The van der Waals surface area contributed by atoms with Crippen LogP contribution in [0.4, 0.5) is 8.78 Å². The molecule has 0 saturated carbocycles. The molecule has 0 aliphatic carbocycles. The van der Waals surface area contributed by atoms with Crippen LogP contribution in [0.15, 0.2) is 18.2 Å². The molecule has 0 amide bonds. The Hall–Kier alpha value is -0.960. The van der Waals surface area contributed by atoms with Gasteiger partial charge in [0, 0.05) is 0 Å². The monoisotopic (exact) mass is 255 g/mol. The van der Waals surface area contributed by atoms with Crippen molar-refractivity contribution in [3.63, 3.8) is 0 Å². The second-order valence-corrected chi connectivity index (χ2v) is 5.41. The van der Waals surface area contributed by atoms with E-state index in [4.69, 9.17) is 0 Å². The summed E-state index contributed by atoms with van der Waals surface area (Å²) in [5.74, 6) is -0.459. The summed E-state index contributed by atoms with van der Waals surface area (Å²) in [7, 11) is 0. The van der Waals surface area contributed by atoms with Crippen LogP contribution >= 0.6 is 0 Å². The molecule has 3 heteroatoms. The Morgan fingerprint density at radius 1 is 1.17 bits per heavy atom. The number of benzene rings is 1. The zero-order valence-corrected chi connectivity index (χ0v) is 11.5. The highest BCUT2D eigenvalue weighted by molar-refractivity contribution is 5.19. The predicted octanol–water partition coefficient (Wildman–Crippen LogP) is 3.78. The predicted molar refractivity (Wildman–Crippen MR) is 71.6 cm³/mol. The zero-order chi connectivity index (χ0) is 13.5. The van der Waals surface area contributed by atoms with Crippen LogP contribution in [0.25, 0.3) is 0 Å². The zero-order valence-electron chi connectivity index (χ0n) is 11.5. The standard InChI is InChI=1S/C15H23F2N/c1-11(2)10-18-8-7-12(3)9-13-5-4-6-14(16)15(13)17/h4-6,11-12,18H,7-10H2,1-3H3. The largest absolute Gasteiger partial charge is 0.316 e. The lowest BCUT2D eigenvalue weighted by atomic mass is 9.97. The van der Waals surface area contributed by atoms with E-state index >= 15 is 0 Å². The summed E-state index contributed by atoms with van der Waals surface area (Å²) < 4.78 is 26.5. The summed E-state index contributed by atoms with van der Waals surface area (Å²) in [6.45, 7) is 8.33. The second kappa shape index (κ2) is 7.47. The maximum atomic E-state index is 13.5. The molecule has 1 rings (SSSR count). The summed E-state index contributed by atoms with van der Waals surface area (Å²) in [6.07, 6.45) is 1.57. The van der Waals surface area contributed by atoms with Gasteiger partial charge < -0.3 is 5.32 Å². The van der Waals surface area contributed by atoms with E-state index in [-0.39, 0.29) is 0 Å². The Kier molecular flexibility index (Phi) is 6.27. The number of hydrogen-bond acceptors (Lipinski definition) is 1. The molecule has 1 aromatic rings. The Bertz CT molecular complexity index is 364. The van der Waals surface area contributed by atoms with E-state index in [0.717, 1.165) is 25.6 Å². The summed E-state index contributed by atoms with van der Waals surface area (Å²) in [5, 5.41) is 3.36. The van der Waals surface area contributed by atoms with Crippen molar-refractivity contribution in [2.45, 2.75) is 33.6 Å². The topological polar surface area (TPSA) is 12.0 Å². The highest BCUT2D eigenvalue weighted by Crippen LogP contribution is 2.17. The maximum Gasteiger partial charge on any atom is 0.162 e. The third kappa shape index (κ3) is 5.13. The lowest BCUT2D eigenvalue weighted by Gasteiger charge is -2.13. The van der Waals surface area contributed by atoms with Crippen molar-refractivity contribution in [2.24, 2.45) is 11.8 Å². The molecule has 0 bridgehead atoms. The fourth-order valence-electron chi connectivity index (χ4n) is 1.92. The van der Waals surface area contributed by atoms with Crippen LogP contribution in [0.2, 0.25) is 0 Å². The molecule has 1 atom stereocenters. The molecular formula is C15H23F2N. The first kappa shape index (κ1) is 15.1. The number of nitrogens with one attached hydrogen (secondary N) is 1. The number of halogens is 2. The minimum atomic E-state index is -0.752. The van der Waals surface area contributed by atoms with Crippen molar-refractivity contribution in [2.75, 3.05) is 13.1 Å². The van der Waals surface area contributed by atoms with E-state index < -0.39 is 11.6 Å². The first-order chi connectivity index (χ1) is 8.50. The highest BCUT2D eigenvalue weighted by atomic mass is 19.2. The van der Waals surface area contributed by atoms with Crippen LogP contribution in [0.3, 0.4) is 0 Å². The first-order valence-electron chi connectivity index (χ1n) is 6.64. The molecule has 102 valence electrons. The van der Waals surface area contributed by atoms with Gasteiger partial charge in [-0.15, -0.1) is 0 Å². The molecule has 0 aromatic heterocycles. The minimum absolute atomic E-state index is 0.348. The second-order valence-electron chi connectivity index (χ2n) is 5.41. The molecule has 1 nitrogen and oxygen atoms in total. The third-order valence-corrected chi connectivity index (χ3v) is 2.97. The number of rotatable bonds is 7. The van der Waals surface area contributed by atoms with Gasteiger partial charge in [-0.05, 0) is 49.4 Å². The normalized spacial score (nSPS) is 13.0. The summed E-state index contributed by atoms with van der Waals surface area (Å²) in [6, 6.07) is 4.39. The van der Waals surface area contributed by atoms with Gasteiger partial charge in [-0.2, -0.15) is 0 Å². The molecule has 0 heterocycles. The first-order valence-corrected chi connectivity index (χ1v) is 6.64. The molecule has 0 aliphatic heterocycles. The van der Waals surface area contributed by atoms with Gasteiger partial charge in [0.25, 0.3) is 0 Å². The lowest BCUT2D eigenvalue weighted by Crippen LogP contribution is -2.22. The molecule has 0 aliphatic rings. The van der Waals surface area contributed by atoms with Crippen LogP contribution in [-0.2, 0) is 6.42 Å². The quantitative estimate of drug-likeness (QED) is 0.731. The maximum absolute atomic E-state index is 13.5. The highest BCUT2D eigenvalue weighted by Gasteiger charge is 2.11. The van der Waals surface area contributed by atoms with Crippen molar-refractivity contribution in [3.05, 3.63) is 35.4 Å². The van der Waals surface area contributed by atoms with Crippen LogP contribution in [0.1, 0.15) is 32.8 Å². The van der Waals surface area contributed by atoms with Crippen molar-refractivity contribution >= 4 is 0 Å². The average molecular weight is 255 g/mol. The Morgan fingerprint density at radius 3 is 2.56 bits per heavy atom. The van der Waals surface area contributed by atoms with Crippen LogP contribution in [0.5, 0.6) is 0 Å². The Balaban J connectivity index is 2.35. The summed E-state index contributed by atoms with van der Waals surface area (Å²) in [4.78, 5) is 0. The van der Waals surface area contributed by atoms with Gasteiger partial charge in [-0.25, -0.2) is 8.78 Å². The Morgan fingerprint density at radius 2 is 1.89 bits per heavy atom. The summed E-state index contributed by atoms with van der Waals surface area (Å²) >= 11 is 0. The van der Waals surface area contributed by atoms with Gasteiger partial charge in [0.15, 0.2) is 11.6 Å². The average Bonchev–Trinajstić information content (AvgIpc) is 2.30. The van der Waals surface area contributed by atoms with Crippen molar-refractivity contribution in [3.8, 4) is 0 Å². The van der Waals surface area contributed by atoms with Crippen LogP contribution in [-0.4, -0.2) is 13.1 Å². The molecule has 1 unspecified atom stereocenters. The molecule has 0 radical (unpaired) electrons. The van der Waals surface area contributed by atoms with E-state index in [1.54, 1.807) is 12.1 Å². The SMILES string of the molecule is CC(C)CNCCC(C)Cc1cccc(F)c1F. The number of hydrogen-bond donors (Lipinski definition) is 1. The van der Waals surface area contributed by atoms with E-state index in [0.29, 0.717) is 23.8 Å².